The van der Waals surface area contributed by atoms with Crippen molar-refractivity contribution >= 4 is 11.6 Å². The van der Waals surface area contributed by atoms with E-state index in [1.165, 1.54) is 6.42 Å². The fourth-order valence-corrected chi connectivity index (χ4v) is 4.90. The van der Waals surface area contributed by atoms with Gasteiger partial charge in [-0.2, -0.15) is 0 Å². The highest BCUT2D eigenvalue weighted by atomic mass is 16.6. The van der Waals surface area contributed by atoms with Gasteiger partial charge in [0.05, 0.1) is 12.8 Å². The van der Waals surface area contributed by atoms with Crippen LogP contribution in [0.1, 0.15) is 52.5 Å². The predicted octanol–water partition coefficient (Wildman–Crippen LogP) is 3.86. The molecule has 1 heterocycles. The van der Waals surface area contributed by atoms with Crippen molar-refractivity contribution in [2.75, 3.05) is 20.3 Å². The number of rotatable bonds is 5. The molecule has 5 heteroatoms. The van der Waals surface area contributed by atoms with E-state index < -0.39 is 0 Å². The Morgan fingerprint density at radius 2 is 1.92 bits per heavy atom. The number of carbonyl (C=O) groups is 1. The van der Waals surface area contributed by atoms with Crippen molar-refractivity contribution in [3.05, 3.63) is 29.8 Å². The van der Waals surface area contributed by atoms with Crippen LogP contribution in [0.15, 0.2) is 29.4 Å². The lowest BCUT2D eigenvalue weighted by molar-refractivity contribution is -0.137. The third-order valence-corrected chi connectivity index (χ3v) is 5.63. The van der Waals surface area contributed by atoms with Crippen LogP contribution in [0.3, 0.4) is 0 Å². The molecule has 0 spiro atoms. The van der Waals surface area contributed by atoms with Crippen LogP contribution < -0.4 is 4.74 Å². The van der Waals surface area contributed by atoms with Crippen molar-refractivity contribution in [1.29, 1.82) is 0 Å². The van der Waals surface area contributed by atoms with Gasteiger partial charge >= 0.3 is 0 Å². The molecule has 26 heavy (non-hydrogen) atoms. The van der Waals surface area contributed by atoms with Gasteiger partial charge < -0.3 is 14.5 Å². The monoisotopic (exact) mass is 358 g/mol. The Hall–Kier alpha value is -2.04. The van der Waals surface area contributed by atoms with E-state index in [1.807, 2.05) is 36.1 Å². The summed E-state index contributed by atoms with van der Waals surface area (Å²) < 4.78 is 5.15. The maximum atomic E-state index is 12.7. The number of benzene rings is 1. The van der Waals surface area contributed by atoms with E-state index in [1.54, 1.807) is 7.11 Å². The number of hydrogen-bond donors (Lipinski definition) is 0. The fraction of sp³-hybridized carbons (Fsp3) is 0.619. The lowest BCUT2D eigenvalue weighted by Gasteiger charge is -2.39. The van der Waals surface area contributed by atoms with E-state index in [0.717, 1.165) is 36.4 Å². The summed E-state index contributed by atoms with van der Waals surface area (Å²) in [4.78, 5) is 20.1. The zero-order chi connectivity index (χ0) is 18.9. The first-order valence-corrected chi connectivity index (χ1v) is 9.32. The van der Waals surface area contributed by atoms with Crippen molar-refractivity contribution < 1.29 is 14.4 Å². The van der Waals surface area contributed by atoms with E-state index in [4.69, 9.17) is 9.57 Å². The van der Waals surface area contributed by atoms with E-state index in [-0.39, 0.29) is 17.9 Å². The van der Waals surface area contributed by atoms with Gasteiger partial charge in [0.2, 0.25) is 0 Å². The first-order valence-electron chi connectivity index (χ1n) is 9.32. The molecule has 1 aromatic carbocycles. The van der Waals surface area contributed by atoms with Crippen molar-refractivity contribution in [3.8, 4) is 5.75 Å². The molecule has 1 amide bonds. The topological polar surface area (TPSA) is 51.1 Å². The lowest BCUT2D eigenvalue weighted by Crippen LogP contribution is -2.39. The van der Waals surface area contributed by atoms with Gasteiger partial charge in [0.15, 0.2) is 6.61 Å². The highest BCUT2D eigenvalue weighted by Crippen LogP contribution is 2.52. The fourth-order valence-electron chi connectivity index (χ4n) is 4.90. The lowest BCUT2D eigenvalue weighted by atomic mass is 9.65. The highest BCUT2D eigenvalue weighted by molar-refractivity contribution is 5.98. The number of fused-ring (bicyclic) bond motifs is 2. The average Bonchev–Trinajstić information content (AvgIpc) is 2.83. The third-order valence-electron chi connectivity index (χ3n) is 5.63. The van der Waals surface area contributed by atoms with Crippen molar-refractivity contribution in [1.82, 2.24) is 4.90 Å². The summed E-state index contributed by atoms with van der Waals surface area (Å²) in [6.45, 7) is 9.64. The minimum atomic E-state index is 0.000499. The second kappa shape index (κ2) is 6.93. The molecule has 0 unspecified atom stereocenters. The second-order valence-corrected chi connectivity index (χ2v) is 8.91. The number of ether oxygens (including phenoxy) is 1. The Labute approximate surface area is 156 Å². The van der Waals surface area contributed by atoms with E-state index >= 15 is 0 Å². The average molecular weight is 358 g/mol. The Bertz CT molecular complexity index is 696. The molecule has 0 radical (unpaired) electrons. The SMILES string of the molecule is COc1ccc(/C(C)=N\OCC(=O)N2C[C@@]3(C)C[C@H]2CC(C)(C)C3)cc1. The smallest absolute Gasteiger partial charge is 0.263 e. The summed E-state index contributed by atoms with van der Waals surface area (Å²) in [6, 6.07) is 7.95. The Morgan fingerprint density at radius 1 is 1.23 bits per heavy atom. The molecule has 1 aromatic rings. The van der Waals surface area contributed by atoms with Crippen LogP contribution in [0.5, 0.6) is 5.75 Å². The van der Waals surface area contributed by atoms with Gasteiger partial charge in [-0.1, -0.05) is 25.9 Å². The van der Waals surface area contributed by atoms with Gasteiger partial charge in [-0.25, -0.2) is 0 Å². The minimum Gasteiger partial charge on any atom is -0.497 e. The molecule has 1 aliphatic carbocycles. The van der Waals surface area contributed by atoms with E-state index in [9.17, 15) is 4.79 Å². The number of methoxy groups -OCH3 is 1. The quantitative estimate of drug-likeness (QED) is 0.593. The molecule has 2 aliphatic rings. The summed E-state index contributed by atoms with van der Waals surface area (Å²) in [6.07, 6.45) is 3.36. The molecule has 2 fully saturated rings. The number of amides is 1. The van der Waals surface area contributed by atoms with Gasteiger partial charge in [0.25, 0.3) is 5.91 Å². The Kier molecular flexibility index (Phi) is 5.00. The first-order chi connectivity index (χ1) is 12.2. The molecule has 2 atom stereocenters. The van der Waals surface area contributed by atoms with Crippen LogP contribution in [0.4, 0.5) is 0 Å². The van der Waals surface area contributed by atoms with Crippen molar-refractivity contribution in [2.45, 2.75) is 53.0 Å². The number of hydrogen-bond acceptors (Lipinski definition) is 4. The van der Waals surface area contributed by atoms with Crippen LogP contribution in [-0.2, 0) is 9.63 Å². The normalized spacial score (nSPS) is 27.3. The van der Waals surface area contributed by atoms with Crippen LogP contribution in [0, 0.1) is 10.8 Å². The van der Waals surface area contributed by atoms with Crippen LogP contribution in [0.25, 0.3) is 0 Å². The second-order valence-electron chi connectivity index (χ2n) is 8.91. The van der Waals surface area contributed by atoms with Gasteiger partial charge in [0.1, 0.15) is 5.75 Å². The summed E-state index contributed by atoms with van der Waals surface area (Å²) in [5.41, 5.74) is 2.24. The van der Waals surface area contributed by atoms with Crippen LogP contribution >= 0.6 is 0 Å². The van der Waals surface area contributed by atoms with E-state index in [0.29, 0.717) is 11.5 Å². The Balaban J connectivity index is 1.57. The van der Waals surface area contributed by atoms with Crippen LogP contribution in [-0.4, -0.2) is 42.8 Å². The summed E-state index contributed by atoms with van der Waals surface area (Å²) in [5.74, 6) is 0.844. The van der Waals surface area contributed by atoms with Gasteiger partial charge in [-0.15, -0.1) is 0 Å². The molecule has 142 valence electrons. The summed E-state index contributed by atoms with van der Waals surface area (Å²) in [5, 5.41) is 4.12. The molecule has 5 nitrogen and oxygen atoms in total. The van der Waals surface area contributed by atoms with E-state index in [2.05, 4.69) is 25.9 Å². The van der Waals surface area contributed by atoms with Crippen molar-refractivity contribution in [2.24, 2.45) is 16.0 Å². The van der Waals surface area contributed by atoms with Gasteiger partial charge in [0, 0.05) is 12.6 Å². The highest BCUT2D eigenvalue weighted by Gasteiger charge is 2.50. The minimum absolute atomic E-state index is 0.000499. The molecular weight excluding hydrogens is 328 g/mol. The first kappa shape index (κ1) is 18.7. The largest absolute Gasteiger partial charge is 0.497 e. The summed E-state index contributed by atoms with van der Waals surface area (Å²) >= 11 is 0. The molecule has 3 rings (SSSR count). The van der Waals surface area contributed by atoms with Crippen molar-refractivity contribution in [3.63, 3.8) is 0 Å². The molecule has 0 N–H and O–H groups in total. The zero-order valence-electron chi connectivity index (χ0n) is 16.5. The standard InChI is InChI=1S/C21H30N2O3/c1-15(16-6-8-18(25-5)9-7-16)22-26-12-19(24)23-14-21(4)11-17(23)10-20(2,3)13-21/h6-9,17H,10-14H2,1-5H3/b22-15-/t17-,21+/m1/s1. The Morgan fingerprint density at radius 3 is 2.58 bits per heavy atom. The molecule has 2 bridgehead atoms. The van der Waals surface area contributed by atoms with Crippen LogP contribution in [0.2, 0.25) is 0 Å². The molecule has 1 saturated carbocycles. The number of nitrogens with zero attached hydrogens (tertiary/aromatic N) is 2. The number of carbonyl (C=O) groups excluding carboxylic acids is 1. The maximum absolute atomic E-state index is 12.7. The molecular formula is C21H30N2O3. The molecule has 1 saturated heterocycles. The predicted molar refractivity (Wildman–Crippen MR) is 102 cm³/mol. The molecule has 1 aliphatic heterocycles. The molecule has 0 aromatic heterocycles. The third kappa shape index (κ3) is 4.02. The zero-order valence-corrected chi connectivity index (χ0v) is 16.5. The van der Waals surface area contributed by atoms with Gasteiger partial charge in [-0.3, -0.25) is 4.79 Å². The maximum Gasteiger partial charge on any atom is 0.263 e. The van der Waals surface area contributed by atoms with Gasteiger partial charge in [-0.05, 0) is 66.8 Å². The number of oxime groups is 1. The number of likely N-dealkylation sites (tertiary alicyclic amines) is 1. The summed E-state index contributed by atoms with van der Waals surface area (Å²) in [7, 11) is 1.64.